The molecule has 1 aromatic heterocycles. The Balaban J connectivity index is 1.00. The van der Waals surface area contributed by atoms with E-state index in [9.17, 15) is 5.11 Å². The quantitative estimate of drug-likeness (QED) is 0.103. The van der Waals surface area contributed by atoms with Crippen molar-refractivity contribution in [2.24, 2.45) is 0 Å². The lowest BCUT2D eigenvalue weighted by molar-refractivity contribution is -0.672. The number of aliphatic hydroxyl groups is 1. The Morgan fingerprint density at radius 3 is 2.18 bits per heavy atom. The number of nitrogens with zero attached hydrogens (tertiary/aromatic N) is 2. The van der Waals surface area contributed by atoms with Gasteiger partial charge >= 0.3 is 0 Å². The van der Waals surface area contributed by atoms with E-state index < -0.39 is 6.29 Å². The molecule has 1 aliphatic carbocycles. The molecule has 6 aromatic rings. The van der Waals surface area contributed by atoms with E-state index in [4.69, 9.17) is 4.74 Å². The van der Waals surface area contributed by atoms with Gasteiger partial charge in [-0.15, -0.1) is 0 Å². The van der Waals surface area contributed by atoms with E-state index in [2.05, 4.69) is 167 Å². The number of ether oxygens (including phenoxy) is 1. The molecule has 240 valence electrons. The van der Waals surface area contributed by atoms with Crippen molar-refractivity contribution in [3.8, 4) is 0 Å². The standard InChI is InChI=1S/C45H39N2O2/c48-45-44(49-45)30-46-27-26-35(37-14-7-8-16-41(37)46)22-18-31-21-25-43-40(29-31)38-15-9-17-42(38)47(43)36-23-19-32(20-24-36)28-39(33-10-3-1-4-11-33)34-12-5-2-6-13-34/h1-8,10-14,16,18-29,38,42,44-45,48H,9,15,17,30H2/q+1. The smallest absolute Gasteiger partial charge is 0.213 e. The van der Waals surface area contributed by atoms with Crippen LogP contribution in [-0.4, -0.2) is 23.5 Å². The molecule has 4 nitrogen and oxygen atoms in total. The number of hydrogen-bond acceptors (Lipinski definition) is 3. The lowest BCUT2D eigenvalue weighted by atomic mass is 9.95. The number of epoxide rings is 1. The second-order valence-corrected chi connectivity index (χ2v) is 13.5. The molecule has 0 bridgehead atoms. The molecule has 2 fully saturated rings. The number of aromatic nitrogens is 1. The Bertz CT molecular complexity index is 2150. The van der Waals surface area contributed by atoms with Gasteiger partial charge in [0, 0.05) is 35.5 Å². The Hall–Kier alpha value is -5.29. The van der Waals surface area contributed by atoms with Crippen LogP contribution in [0.5, 0.6) is 0 Å². The first-order valence-corrected chi connectivity index (χ1v) is 17.5. The first kappa shape index (κ1) is 29.8. The number of fused-ring (bicyclic) bond motifs is 4. The molecule has 49 heavy (non-hydrogen) atoms. The highest BCUT2D eigenvalue weighted by molar-refractivity contribution is 5.92. The highest BCUT2D eigenvalue weighted by atomic mass is 16.7. The van der Waals surface area contributed by atoms with Crippen LogP contribution >= 0.6 is 0 Å². The van der Waals surface area contributed by atoms with Crippen LogP contribution in [0, 0.1) is 0 Å². The summed E-state index contributed by atoms with van der Waals surface area (Å²) < 4.78 is 7.44. The SMILES string of the molecule is OC1OC1C[n+]1ccc(C=Cc2ccc3c(c2)C2CCCC2N3c2ccc(C=C(c3ccccc3)c3ccccc3)cc2)c2ccccc21. The van der Waals surface area contributed by atoms with Gasteiger partial charge in [-0.05, 0) is 88.2 Å². The number of aliphatic hydroxyl groups excluding tert-OH is 1. The van der Waals surface area contributed by atoms with E-state index in [1.807, 2.05) is 0 Å². The molecule has 0 amide bonds. The third-order valence-electron chi connectivity index (χ3n) is 10.5. The zero-order valence-electron chi connectivity index (χ0n) is 27.4. The van der Waals surface area contributed by atoms with E-state index in [-0.39, 0.29) is 6.10 Å². The minimum absolute atomic E-state index is 0.123. The fraction of sp³-hybridized carbons (Fsp3) is 0.178. The number of benzene rings is 5. The molecule has 1 saturated carbocycles. The summed E-state index contributed by atoms with van der Waals surface area (Å²) in [5, 5.41) is 10.9. The lowest BCUT2D eigenvalue weighted by Crippen LogP contribution is -2.37. The van der Waals surface area contributed by atoms with Crippen LogP contribution in [0.1, 0.15) is 58.6 Å². The maximum Gasteiger partial charge on any atom is 0.213 e. The Morgan fingerprint density at radius 1 is 0.755 bits per heavy atom. The van der Waals surface area contributed by atoms with Crippen molar-refractivity contribution in [2.45, 2.75) is 50.2 Å². The topological polar surface area (TPSA) is 39.9 Å². The fourth-order valence-corrected chi connectivity index (χ4v) is 8.04. The monoisotopic (exact) mass is 639 g/mol. The van der Waals surface area contributed by atoms with Crippen LogP contribution < -0.4 is 9.47 Å². The second kappa shape index (κ2) is 12.6. The molecular formula is C45H39N2O2+. The average Bonchev–Trinajstić information content (AvgIpc) is 3.50. The van der Waals surface area contributed by atoms with Crippen LogP contribution in [-0.2, 0) is 11.3 Å². The van der Waals surface area contributed by atoms with Gasteiger partial charge in [-0.1, -0.05) is 110 Å². The fourth-order valence-electron chi connectivity index (χ4n) is 8.04. The van der Waals surface area contributed by atoms with Crippen molar-refractivity contribution in [3.63, 3.8) is 0 Å². The minimum Gasteiger partial charge on any atom is -0.366 e. The summed E-state index contributed by atoms with van der Waals surface area (Å²) in [4.78, 5) is 2.60. The second-order valence-electron chi connectivity index (χ2n) is 13.5. The molecule has 4 atom stereocenters. The Kier molecular flexibility index (Phi) is 7.68. The van der Waals surface area contributed by atoms with E-state index in [1.54, 1.807) is 0 Å². The summed E-state index contributed by atoms with van der Waals surface area (Å²) in [7, 11) is 0. The number of hydrogen-bond donors (Lipinski definition) is 1. The summed E-state index contributed by atoms with van der Waals surface area (Å²) in [5.74, 6) is 0.558. The van der Waals surface area contributed by atoms with Gasteiger partial charge in [-0.3, -0.25) is 0 Å². The van der Waals surface area contributed by atoms with Gasteiger partial charge in [0.05, 0.1) is 5.39 Å². The summed E-state index contributed by atoms with van der Waals surface area (Å²) in [5.41, 5.74) is 12.5. The molecular weight excluding hydrogens is 601 g/mol. The van der Waals surface area contributed by atoms with Crippen LogP contribution in [0.4, 0.5) is 11.4 Å². The third-order valence-corrected chi connectivity index (χ3v) is 10.5. The first-order valence-electron chi connectivity index (χ1n) is 17.5. The average molecular weight is 640 g/mol. The third kappa shape index (κ3) is 5.78. The number of rotatable bonds is 8. The summed E-state index contributed by atoms with van der Waals surface area (Å²) >= 11 is 0. The van der Waals surface area contributed by atoms with Gasteiger partial charge in [0.15, 0.2) is 25.1 Å². The van der Waals surface area contributed by atoms with Crippen molar-refractivity contribution >= 4 is 46.1 Å². The largest absolute Gasteiger partial charge is 0.366 e. The van der Waals surface area contributed by atoms with Gasteiger partial charge in [0.1, 0.15) is 0 Å². The number of anilines is 2. The predicted molar refractivity (Wildman–Crippen MR) is 199 cm³/mol. The van der Waals surface area contributed by atoms with Gasteiger partial charge in [-0.25, -0.2) is 0 Å². The van der Waals surface area contributed by atoms with E-state index >= 15 is 0 Å². The van der Waals surface area contributed by atoms with Crippen LogP contribution in [0.15, 0.2) is 140 Å². The Morgan fingerprint density at radius 2 is 1.45 bits per heavy atom. The highest BCUT2D eigenvalue weighted by Gasteiger charge is 2.42. The van der Waals surface area contributed by atoms with Crippen LogP contribution in [0.2, 0.25) is 0 Å². The van der Waals surface area contributed by atoms with E-state index in [0.717, 1.165) is 5.52 Å². The molecule has 9 rings (SSSR count). The molecule has 3 aliphatic rings. The molecule has 1 N–H and O–H groups in total. The van der Waals surface area contributed by atoms with Crippen molar-refractivity contribution in [2.75, 3.05) is 4.90 Å². The summed E-state index contributed by atoms with van der Waals surface area (Å²) in [6, 6.07) is 48.6. The van der Waals surface area contributed by atoms with Gasteiger partial charge in [0.25, 0.3) is 0 Å². The highest BCUT2D eigenvalue weighted by Crippen LogP contribution is 2.52. The maximum atomic E-state index is 9.69. The van der Waals surface area contributed by atoms with Crippen LogP contribution in [0.25, 0.3) is 34.7 Å². The molecule has 0 radical (unpaired) electrons. The minimum atomic E-state index is -0.643. The number of para-hydroxylation sites is 1. The molecule has 4 heteroatoms. The lowest BCUT2D eigenvalue weighted by Gasteiger charge is -2.27. The number of pyridine rings is 1. The van der Waals surface area contributed by atoms with Crippen LogP contribution in [0.3, 0.4) is 0 Å². The summed E-state index contributed by atoms with van der Waals surface area (Å²) in [6.45, 7) is 0.650. The van der Waals surface area contributed by atoms with Gasteiger partial charge < -0.3 is 14.7 Å². The van der Waals surface area contributed by atoms with E-state index in [1.165, 1.54) is 75.0 Å². The maximum absolute atomic E-state index is 9.69. The predicted octanol–water partition coefficient (Wildman–Crippen LogP) is 9.39. The van der Waals surface area contributed by atoms with Crippen molar-refractivity contribution in [1.82, 2.24) is 0 Å². The normalized spacial score (nSPS) is 20.8. The van der Waals surface area contributed by atoms with Crippen molar-refractivity contribution < 1.29 is 14.4 Å². The van der Waals surface area contributed by atoms with Crippen molar-refractivity contribution in [3.05, 3.63) is 173 Å². The zero-order chi connectivity index (χ0) is 32.7. The van der Waals surface area contributed by atoms with Gasteiger partial charge in [-0.2, -0.15) is 4.57 Å². The van der Waals surface area contributed by atoms with Crippen molar-refractivity contribution in [1.29, 1.82) is 0 Å². The van der Waals surface area contributed by atoms with E-state index in [0.29, 0.717) is 18.5 Å². The Labute approximate surface area is 287 Å². The molecule has 2 aliphatic heterocycles. The molecule has 5 aromatic carbocycles. The molecule has 0 spiro atoms. The first-order chi connectivity index (χ1) is 24.2. The molecule has 4 unspecified atom stereocenters. The zero-order valence-corrected chi connectivity index (χ0v) is 27.4. The molecule has 3 heterocycles. The van der Waals surface area contributed by atoms with Gasteiger partial charge in [0.2, 0.25) is 5.52 Å². The summed E-state index contributed by atoms with van der Waals surface area (Å²) in [6.07, 6.45) is 11.9. The molecule has 1 saturated heterocycles.